The molecule has 10 aromatic carbocycles. The van der Waals surface area contributed by atoms with Crippen molar-refractivity contribution in [2.75, 3.05) is 33.3 Å². The minimum absolute atomic E-state index is 0. The summed E-state index contributed by atoms with van der Waals surface area (Å²) in [6.07, 6.45) is 1.22. The van der Waals surface area contributed by atoms with Crippen LogP contribution in [0.4, 0.5) is 59.0 Å². The third-order valence-electron chi connectivity index (χ3n) is 14.4. The van der Waals surface area contributed by atoms with E-state index >= 15 is 0 Å². The van der Waals surface area contributed by atoms with E-state index in [0.29, 0.717) is 40.4 Å². The van der Waals surface area contributed by atoms with E-state index in [0.717, 1.165) is 73.9 Å². The van der Waals surface area contributed by atoms with Crippen LogP contribution in [0.2, 0.25) is 0 Å². The van der Waals surface area contributed by atoms with Gasteiger partial charge in [0.2, 0.25) is 9.05 Å². The molecule has 598 valence electrons. The smallest absolute Gasteiger partial charge is 0.444 e. The normalized spacial score (nSPS) is 10.6. The first-order chi connectivity index (χ1) is 52.5. The molecule has 0 heterocycles. The van der Waals surface area contributed by atoms with E-state index in [1.165, 1.54) is 34.4 Å². The third kappa shape index (κ3) is 41.4. The summed E-state index contributed by atoms with van der Waals surface area (Å²) in [5.74, 6) is 0. The standard InChI is InChI=1S/C19H23NO2.C18H18N2O2.C18H22N2O2.C14H15N.C11H14BrNO2.C7H6BNO2.CH3ClO2S.Ni/c1-5-14-9-11-15(12-10-14)16-7-6-8-17(13-16)20-18(21)22-19(2,3)4;1-18(2,3)22-17(21)20-16-7-5-6-14(12-16)13-8-10-15(19-4)11-9-13;1-18(2,3)22-17(21)20-16-6-4-5-15(11-16)14-9-7-13(12-19)8-10-14;1-2-11-6-8-12(9-7-11)13-4-3-5-14(15)10-13;1-11(2,3)15-10(14)13-9-6-4-5-8(12)7-9;1-9-7-4-2-6(3-5-7)8(10)11;1-5(2,3)4;/h6-13H,5H2,1-4H3,(H,20,21);5-12H,1-3H3,(H,20,21);4-11H,12,19H2,1-3H3,(H,20,21);3-10H,2,15H2,1H3;4-7H,1-3H3,(H,13,14);2-5,10-11H;1H3;. The van der Waals surface area contributed by atoms with Crippen molar-refractivity contribution in [2.45, 2.75) is 139 Å². The zero-order chi connectivity index (χ0) is 83.4. The maximum atomic E-state index is 11.8. The van der Waals surface area contributed by atoms with Gasteiger partial charge in [0, 0.05) is 66.6 Å². The number of nitrogen functional groups attached to an aromatic ring is 1. The van der Waals surface area contributed by atoms with Crippen LogP contribution in [0.25, 0.3) is 54.2 Å². The van der Waals surface area contributed by atoms with E-state index in [1.54, 1.807) is 36.4 Å². The second-order valence-corrected chi connectivity index (χ2v) is 32.8. The Hall–Kier alpha value is -10.8. The summed E-state index contributed by atoms with van der Waals surface area (Å²) in [4.78, 5) is 53.4. The molecule has 0 bridgehead atoms. The van der Waals surface area contributed by atoms with Gasteiger partial charge in [0.05, 0.1) is 19.4 Å². The molecule has 0 saturated heterocycles. The first-order valence-electron chi connectivity index (χ1n) is 35.6. The van der Waals surface area contributed by atoms with Gasteiger partial charge in [0.1, 0.15) is 22.4 Å². The number of nitrogens with two attached hydrogens (primary N) is 2. The quantitative estimate of drug-likeness (QED) is 0.0186. The molecule has 0 aliphatic heterocycles. The first-order valence-corrected chi connectivity index (χ1v) is 39.1. The Morgan fingerprint density at radius 1 is 0.425 bits per heavy atom. The summed E-state index contributed by atoms with van der Waals surface area (Å²) in [5, 5.41) is 28.2. The predicted molar refractivity (Wildman–Crippen MR) is 462 cm³/mol. The molecule has 0 radical (unpaired) electrons. The molecule has 10 aromatic rings. The van der Waals surface area contributed by atoms with E-state index in [4.69, 9.17) is 53.6 Å². The Kier molecular flexibility index (Phi) is 40.0. The fourth-order valence-electron chi connectivity index (χ4n) is 9.45. The van der Waals surface area contributed by atoms with Crippen molar-refractivity contribution in [1.82, 2.24) is 0 Å². The second-order valence-electron chi connectivity index (χ2n) is 28.8. The zero-order valence-corrected chi connectivity index (χ0v) is 70.4. The fourth-order valence-corrected chi connectivity index (χ4v) is 9.85. The van der Waals surface area contributed by atoms with Crippen molar-refractivity contribution in [1.29, 1.82) is 0 Å². The molecule has 10 N–H and O–H groups in total. The van der Waals surface area contributed by atoms with Crippen LogP contribution < -0.4 is 38.2 Å². The van der Waals surface area contributed by atoms with Crippen molar-refractivity contribution in [3.05, 3.63) is 287 Å². The van der Waals surface area contributed by atoms with Crippen LogP contribution in [-0.2, 0) is 63.9 Å². The van der Waals surface area contributed by atoms with Gasteiger partial charge < -0.3 is 40.5 Å². The average molecular weight is 1680 g/mol. The minimum Gasteiger partial charge on any atom is -0.444 e. The number of benzene rings is 10. The monoisotopic (exact) mass is 1680 g/mol. The number of carbonyl (C=O) groups excluding carboxylic acids is 4. The molecule has 0 saturated carbocycles. The number of amides is 4. The van der Waals surface area contributed by atoms with Crippen LogP contribution in [0, 0.1) is 13.1 Å². The zero-order valence-electron chi connectivity index (χ0n) is 66.3. The minimum atomic E-state index is -3.19. The van der Waals surface area contributed by atoms with Gasteiger partial charge >= 0.3 is 31.5 Å². The molecule has 0 fully saturated rings. The number of nitrogens with one attached hydrogen (secondary N) is 4. The Bertz CT molecular complexity index is 4720. The summed E-state index contributed by atoms with van der Waals surface area (Å²) in [7, 11) is -0.141. The maximum absolute atomic E-state index is 11.8. The van der Waals surface area contributed by atoms with E-state index in [-0.39, 0.29) is 16.5 Å². The predicted octanol–water partition coefficient (Wildman–Crippen LogP) is 22.1. The van der Waals surface area contributed by atoms with E-state index in [9.17, 15) is 27.6 Å². The van der Waals surface area contributed by atoms with Crippen LogP contribution in [-0.4, -0.2) is 78.6 Å². The Balaban J connectivity index is 0.000000351. The number of anilines is 5. The van der Waals surface area contributed by atoms with Crippen molar-refractivity contribution in [3.63, 3.8) is 0 Å². The second kappa shape index (κ2) is 46.9. The number of nitrogens with zero attached hydrogens (tertiary/aromatic N) is 2. The largest absolute Gasteiger partial charge is 0.488 e. The van der Waals surface area contributed by atoms with E-state index in [1.807, 2.05) is 223 Å². The molecule has 4 amide bonds. The number of hydrogen-bond donors (Lipinski definition) is 8. The number of aryl methyl sites for hydroxylation is 2. The molecular formula is C88H101BBrClN8NiO12S. The number of carbonyl (C=O) groups is 4. The Labute approximate surface area is 689 Å². The van der Waals surface area contributed by atoms with E-state index < -0.39 is 62.9 Å². The summed E-state index contributed by atoms with van der Waals surface area (Å²) < 4.78 is 40.6. The Morgan fingerprint density at radius 3 is 0.938 bits per heavy atom. The van der Waals surface area contributed by atoms with Crippen molar-refractivity contribution in [3.8, 4) is 44.5 Å². The average Bonchev–Trinajstić information content (AvgIpc) is 0.841. The van der Waals surface area contributed by atoms with Gasteiger partial charge in [-0.25, -0.2) is 37.3 Å². The number of rotatable bonds is 12. The Morgan fingerprint density at radius 2 is 0.681 bits per heavy atom. The van der Waals surface area contributed by atoms with Crippen LogP contribution in [0.5, 0.6) is 0 Å². The van der Waals surface area contributed by atoms with Crippen molar-refractivity contribution in [2.24, 2.45) is 5.73 Å². The fraction of sp³-hybridized carbons (Fsp3) is 0.250. The van der Waals surface area contributed by atoms with Crippen LogP contribution >= 0.6 is 26.6 Å². The summed E-state index contributed by atoms with van der Waals surface area (Å²) >= 11 is 3.32. The van der Waals surface area contributed by atoms with Gasteiger partial charge in [-0.15, -0.1) is 0 Å². The van der Waals surface area contributed by atoms with Gasteiger partial charge in [-0.05, 0) is 229 Å². The van der Waals surface area contributed by atoms with Gasteiger partial charge in [-0.1, -0.05) is 206 Å². The molecule has 113 heavy (non-hydrogen) atoms. The maximum Gasteiger partial charge on any atom is 0.488 e. The first kappa shape index (κ1) is 96.4. The summed E-state index contributed by atoms with van der Waals surface area (Å²) in [5.41, 5.74) is 26.9. The summed E-state index contributed by atoms with van der Waals surface area (Å²) in [6.45, 7) is 40.4. The van der Waals surface area contributed by atoms with Crippen molar-refractivity contribution >= 4 is 112 Å². The molecule has 0 unspecified atom stereocenters. The van der Waals surface area contributed by atoms with Crippen molar-refractivity contribution < 1.29 is 73.1 Å². The third-order valence-corrected chi connectivity index (χ3v) is 14.9. The number of ether oxygens (including phenoxy) is 4. The van der Waals surface area contributed by atoms with Gasteiger partial charge in [-0.3, -0.25) is 21.3 Å². The molecule has 20 nitrogen and oxygen atoms in total. The van der Waals surface area contributed by atoms with Gasteiger partial charge in [-0.2, -0.15) is 0 Å². The van der Waals surface area contributed by atoms with Crippen LogP contribution in [0.15, 0.2) is 247 Å². The molecule has 0 aliphatic rings. The summed E-state index contributed by atoms with van der Waals surface area (Å²) in [6, 6.07) is 76.8. The molecule has 0 spiro atoms. The van der Waals surface area contributed by atoms with Gasteiger partial charge in [0.15, 0.2) is 11.4 Å². The SMILES string of the molecule is CC(C)(C)OC(=O)Nc1cccc(-c2ccc(CN)cc2)c1.CC(C)(C)OC(=O)Nc1cccc(Br)c1.CCc1ccc(-c2cccc(N)c2)cc1.CCc1ccc(-c2cccc(NC(=O)OC(C)(C)C)c2)cc1.CS(=O)(=O)Cl.[C-]#[N+]c1ccc(-c2cccc(NC(=O)OC(C)(C)C)c2)cc1.[C-]#[N+]c1ccc(B(O)O)cc1.[Ni]. The molecule has 10 rings (SSSR count). The van der Waals surface area contributed by atoms with Crippen LogP contribution in [0.3, 0.4) is 0 Å². The van der Waals surface area contributed by atoms with Crippen LogP contribution in [0.1, 0.15) is 114 Å². The number of hydrogen-bond acceptors (Lipinski definition) is 14. The molecule has 0 aromatic heterocycles. The molecule has 25 heteroatoms. The molecular weight excluding hydrogens is 1580 g/mol. The van der Waals surface area contributed by atoms with Gasteiger partial charge in [0.25, 0.3) is 0 Å². The van der Waals surface area contributed by atoms with E-state index in [2.05, 4.69) is 126 Å². The topological polar surface area (TPSA) is 289 Å². The number of halogens is 2. The molecule has 0 aliphatic carbocycles. The molecule has 0 atom stereocenters.